The molecule has 1 aliphatic heterocycles. The maximum absolute atomic E-state index is 11.9. The lowest BCUT2D eigenvalue weighted by atomic mass is 9.91. The van der Waals surface area contributed by atoms with Gasteiger partial charge in [-0.2, -0.15) is 5.10 Å². The Hall–Kier alpha value is -3.08. The summed E-state index contributed by atoms with van der Waals surface area (Å²) >= 11 is 0. The number of nitrogens with one attached hydrogen (secondary N) is 1. The number of ether oxygens (including phenoxy) is 4. The molecule has 1 N–H and O–H groups in total. The van der Waals surface area contributed by atoms with Crippen molar-refractivity contribution in [3.8, 4) is 0 Å². The SMILES string of the molecule is CC(=O)OCC1OC[C@@](OC(C)=O)(c2[nH]nc3cncnc23)[C@@H]1OC(C)=O. The van der Waals surface area contributed by atoms with Crippen LogP contribution < -0.4 is 0 Å². The second-order valence-electron chi connectivity index (χ2n) is 6.02. The summed E-state index contributed by atoms with van der Waals surface area (Å²) in [6.07, 6.45) is 0.862. The number of aromatic nitrogens is 4. The molecule has 0 bridgehead atoms. The quantitative estimate of drug-likeness (QED) is 0.558. The van der Waals surface area contributed by atoms with Gasteiger partial charge in [-0.3, -0.25) is 19.5 Å². The van der Waals surface area contributed by atoms with E-state index in [2.05, 4.69) is 20.2 Å². The van der Waals surface area contributed by atoms with Gasteiger partial charge in [0.05, 0.1) is 12.8 Å². The van der Waals surface area contributed by atoms with Gasteiger partial charge < -0.3 is 18.9 Å². The first-order chi connectivity index (χ1) is 12.8. The zero-order valence-corrected chi connectivity index (χ0v) is 14.9. The summed E-state index contributed by atoms with van der Waals surface area (Å²) in [5.41, 5.74) is -0.415. The van der Waals surface area contributed by atoms with Gasteiger partial charge in [0.2, 0.25) is 5.60 Å². The summed E-state index contributed by atoms with van der Waals surface area (Å²) in [4.78, 5) is 42.8. The zero-order chi connectivity index (χ0) is 19.6. The standard InChI is InChI=1S/C16H18N4O7/c1-8(21)24-5-12-15(26-9(2)22)16(6-25-12,27-10(3)23)14-13-11(19-20-14)4-17-7-18-13/h4,7,12,15H,5-6H2,1-3H3,(H,19,20)/t12?,15-,16-/m1/s1. The number of carbonyl (C=O) groups excluding carboxylic acids is 3. The van der Waals surface area contributed by atoms with Crippen LogP contribution in [0.1, 0.15) is 26.5 Å². The average Bonchev–Trinajstić information content (AvgIpc) is 3.15. The number of fused-ring (bicyclic) bond motifs is 1. The molecule has 1 fully saturated rings. The highest BCUT2D eigenvalue weighted by atomic mass is 16.7. The summed E-state index contributed by atoms with van der Waals surface area (Å²) in [6.45, 7) is 3.34. The van der Waals surface area contributed by atoms with Crippen LogP contribution in [0.3, 0.4) is 0 Å². The first kappa shape index (κ1) is 18.7. The van der Waals surface area contributed by atoms with E-state index in [1.165, 1.54) is 33.3 Å². The number of nitrogens with zero attached hydrogens (tertiary/aromatic N) is 3. The molecule has 1 unspecified atom stereocenters. The molecule has 3 atom stereocenters. The van der Waals surface area contributed by atoms with E-state index in [-0.39, 0.29) is 13.2 Å². The van der Waals surface area contributed by atoms with Crippen molar-refractivity contribution < 1.29 is 33.3 Å². The van der Waals surface area contributed by atoms with Crippen molar-refractivity contribution >= 4 is 28.9 Å². The minimum atomic E-state index is -1.54. The van der Waals surface area contributed by atoms with Crippen LogP contribution in [-0.2, 0) is 38.9 Å². The Labute approximate surface area is 153 Å². The highest BCUT2D eigenvalue weighted by Crippen LogP contribution is 2.41. The molecule has 0 spiro atoms. The fraction of sp³-hybridized carbons (Fsp3) is 0.500. The summed E-state index contributed by atoms with van der Waals surface area (Å²) in [7, 11) is 0. The first-order valence-electron chi connectivity index (χ1n) is 8.10. The molecule has 2 aromatic heterocycles. The van der Waals surface area contributed by atoms with Gasteiger partial charge >= 0.3 is 17.9 Å². The van der Waals surface area contributed by atoms with Gasteiger partial charge in [0.15, 0.2) is 6.10 Å². The Bertz CT molecular complexity index is 883. The summed E-state index contributed by atoms with van der Waals surface area (Å²) in [5.74, 6) is -1.76. The van der Waals surface area contributed by atoms with Crippen LogP contribution in [0.4, 0.5) is 0 Å². The second-order valence-corrected chi connectivity index (χ2v) is 6.02. The normalized spacial score (nSPS) is 24.6. The fourth-order valence-corrected chi connectivity index (χ4v) is 3.06. The number of aromatic amines is 1. The van der Waals surface area contributed by atoms with E-state index in [0.717, 1.165) is 0 Å². The molecule has 1 aliphatic rings. The van der Waals surface area contributed by atoms with Crippen LogP contribution >= 0.6 is 0 Å². The minimum Gasteiger partial charge on any atom is -0.463 e. The molecule has 27 heavy (non-hydrogen) atoms. The van der Waals surface area contributed by atoms with Crippen LogP contribution in [0.15, 0.2) is 12.5 Å². The number of carbonyl (C=O) groups is 3. The van der Waals surface area contributed by atoms with Gasteiger partial charge in [-0.25, -0.2) is 9.97 Å². The van der Waals surface area contributed by atoms with Crippen molar-refractivity contribution in [2.45, 2.75) is 38.6 Å². The molecular weight excluding hydrogens is 360 g/mol. The molecule has 11 nitrogen and oxygen atoms in total. The summed E-state index contributed by atoms with van der Waals surface area (Å²) in [5, 5.41) is 6.89. The van der Waals surface area contributed by atoms with Gasteiger partial charge in [0.25, 0.3) is 0 Å². The van der Waals surface area contributed by atoms with E-state index >= 15 is 0 Å². The van der Waals surface area contributed by atoms with E-state index in [1.54, 1.807) is 0 Å². The Morgan fingerprint density at radius 2 is 2.04 bits per heavy atom. The van der Waals surface area contributed by atoms with E-state index in [0.29, 0.717) is 16.7 Å². The third-order valence-corrected chi connectivity index (χ3v) is 4.02. The van der Waals surface area contributed by atoms with Crippen LogP contribution in [0, 0.1) is 0 Å². The molecular formula is C16H18N4O7. The molecule has 144 valence electrons. The molecule has 0 radical (unpaired) electrons. The lowest BCUT2D eigenvalue weighted by Crippen LogP contribution is -2.48. The van der Waals surface area contributed by atoms with E-state index in [1.807, 2.05) is 0 Å². The van der Waals surface area contributed by atoms with Crippen molar-refractivity contribution in [3.05, 3.63) is 18.2 Å². The topological polar surface area (TPSA) is 143 Å². The van der Waals surface area contributed by atoms with Crippen molar-refractivity contribution in [2.24, 2.45) is 0 Å². The first-order valence-corrected chi connectivity index (χ1v) is 8.10. The van der Waals surface area contributed by atoms with E-state index in [9.17, 15) is 14.4 Å². The second kappa shape index (κ2) is 7.27. The predicted molar refractivity (Wildman–Crippen MR) is 87.1 cm³/mol. The predicted octanol–water partition coefficient (Wildman–Crippen LogP) is 0.00490. The van der Waals surface area contributed by atoms with Crippen LogP contribution in [0.5, 0.6) is 0 Å². The van der Waals surface area contributed by atoms with Gasteiger partial charge in [0.1, 0.15) is 35.8 Å². The third kappa shape index (κ3) is 3.58. The maximum Gasteiger partial charge on any atom is 0.303 e. The Morgan fingerprint density at radius 3 is 2.70 bits per heavy atom. The summed E-state index contributed by atoms with van der Waals surface area (Å²) in [6, 6.07) is 0. The highest BCUT2D eigenvalue weighted by Gasteiger charge is 2.58. The van der Waals surface area contributed by atoms with E-state index in [4.69, 9.17) is 18.9 Å². The fourth-order valence-electron chi connectivity index (χ4n) is 3.06. The Balaban J connectivity index is 2.09. The molecule has 2 aromatic rings. The molecule has 3 heterocycles. The number of H-pyrrole nitrogens is 1. The van der Waals surface area contributed by atoms with Gasteiger partial charge in [0, 0.05) is 20.8 Å². The molecule has 0 saturated carbocycles. The molecule has 0 aliphatic carbocycles. The largest absolute Gasteiger partial charge is 0.463 e. The number of hydrogen-bond acceptors (Lipinski definition) is 10. The molecule has 0 amide bonds. The monoisotopic (exact) mass is 378 g/mol. The molecule has 11 heteroatoms. The van der Waals surface area contributed by atoms with Crippen LogP contribution in [0.2, 0.25) is 0 Å². The summed E-state index contributed by atoms with van der Waals surface area (Å²) < 4.78 is 21.7. The van der Waals surface area contributed by atoms with E-state index < -0.39 is 35.7 Å². The smallest absolute Gasteiger partial charge is 0.303 e. The van der Waals surface area contributed by atoms with Crippen molar-refractivity contribution in [1.29, 1.82) is 0 Å². The third-order valence-electron chi connectivity index (χ3n) is 4.02. The van der Waals surface area contributed by atoms with Crippen LogP contribution in [0.25, 0.3) is 11.0 Å². The number of esters is 3. The maximum atomic E-state index is 11.9. The molecule has 3 rings (SSSR count). The Morgan fingerprint density at radius 1 is 1.26 bits per heavy atom. The molecule has 0 aromatic carbocycles. The lowest BCUT2D eigenvalue weighted by Gasteiger charge is -2.32. The van der Waals surface area contributed by atoms with Crippen LogP contribution in [-0.4, -0.2) is 63.5 Å². The number of rotatable bonds is 5. The van der Waals surface area contributed by atoms with Crippen molar-refractivity contribution in [2.75, 3.05) is 13.2 Å². The van der Waals surface area contributed by atoms with Gasteiger partial charge in [-0.1, -0.05) is 0 Å². The average molecular weight is 378 g/mol. The highest BCUT2D eigenvalue weighted by molar-refractivity contribution is 5.78. The lowest BCUT2D eigenvalue weighted by molar-refractivity contribution is -0.182. The Kier molecular flexibility index (Phi) is 5.04. The van der Waals surface area contributed by atoms with Crippen molar-refractivity contribution in [1.82, 2.24) is 20.2 Å². The molecule has 1 saturated heterocycles. The zero-order valence-electron chi connectivity index (χ0n) is 14.9. The van der Waals surface area contributed by atoms with Crippen molar-refractivity contribution in [3.63, 3.8) is 0 Å². The number of hydrogen-bond donors (Lipinski definition) is 1. The minimum absolute atomic E-state index is 0.155. The van der Waals surface area contributed by atoms with Gasteiger partial charge in [-0.05, 0) is 0 Å². The van der Waals surface area contributed by atoms with Gasteiger partial charge in [-0.15, -0.1) is 0 Å².